The summed E-state index contributed by atoms with van der Waals surface area (Å²) in [5.41, 5.74) is 0.980. The van der Waals surface area contributed by atoms with Crippen molar-refractivity contribution in [3.05, 3.63) is 63.8 Å². The number of hydrogen-bond donors (Lipinski definition) is 1. The lowest BCUT2D eigenvalue weighted by molar-refractivity contribution is 0.0527. The number of methoxy groups -OCH3 is 1. The van der Waals surface area contributed by atoms with E-state index in [9.17, 15) is 13.6 Å². The first-order valence-corrected chi connectivity index (χ1v) is 9.25. The van der Waals surface area contributed by atoms with Gasteiger partial charge >= 0.3 is 5.97 Å². The Kier molecular flexibility index (Phi) is 6.08. The van der Waals surface area contributed by atoms with Crippen LogP contribution in [0, 0.1) is 11.6 Å². The summed E-state index contributed by atoms with van der Waals surface area (Å²) in [7, 11) is 1.53. The lowest BCUT2D eigenvalue weighted by Gasteiger charge is -2.15. The zero-order valence-corrected chi connectivity index (χ0v) is 16.8. The van der Waals surface area contributed by atoms with E-state index in [0.29, 0.717) is 26.8 Å². The van der Waals surface area contributed by atoms with Crippen LogP contribution in [0.3, 0.4) is 0 Å². The van der Waals surface area contributed by atoms with Crippen LogP contribution in [0.25, 0.3) is 10.9 Å². The molecule has 0 bridgehead atoms. The van der Waals surface area contributed by atoms with E-state index in [1.165, 1.54) is 25.4 Å². The molecule has 1 heterocycles. The standard InChI is InChI=1S/C20H17BrF2N2O3/c1-3-28-20(26)15-10-24-18-8-12(27-2)4-5-13(18)19(15)25-9-14-16(22)6-11(21)7-17(14)23/h4-8,10H,3,9H2,1-2H3,(H,24,25). The third kappa shape index (κ3) is 4.06. The normalized spacial score (nSPS) is 10.8. The molecule has 3 rings (SSSR count). The zero-order valence-electron chi connectivity index (χ0n) is 15.2. The monoisotopic (exact) mass is 450 g/mol. The van der Waals surface area contributed by atoms with Gasteiger partial charge in [0, 0.05) is 34.2 Å². The molecular weight excluding hydrogens is 434 g/mol. The summed E-state index contributed by atoms with van der Waals surface area (Å²) >= 11 is 3.06. The van der Waals surface area contributed by atoms with Gasteiger partial charge in [0.2, 0.25) is 0 Å². The molecule has 0 aliphatic heterocycles. The number of ether oxygens (including phenoxy) is 2. The number of rotatable bonds is 6. The van der Waals surface area contributed by atoms with E-state index in [4.69, 9.17) is 9.47 Å². The molecule has 0 aliphatic carbocycles. The number of anilines is 1. The molecule has 5 nitrogen and oxygen atoms in total. The van der Waals surface area contributed by atoms with E-state index in [1.54, 1.807) is 25.1 Å². The summed E-state index contributed by atoms with van der Waals surface area (Å²) in [6, 6.07) is 7.51. The highest BCUT2D eigenvalue weighted by molar-refractivity contribution is 9.10. The van der Waals surface area contributed by atoms with Crippen molar-refractivity contribution in [2.45, 2.75) is 13.5 Å². The Balaban J connectivity index is 2.06. The summed E-state index contributed by atoms with van der Waals surface area (Å²) in [5.74, 6) is -1.37. The van der Waals surface area contributed by atoms with E-state index in [-0.39, 0.29) is 24.3 Å². The van der Waals surface area contributed by atoms with Crippen LogP contribution < -0.4 is 10.1 Å². The minimum absolute atomic E-state index is 0.142. The molecule has 0 fully saturated rings. The number of nitrogens with one attached hydrogen (secondary N) is 1. The quantitative estimate of drug-likeness (QED) is 0.531. The number of hydrogen-bond acceptors (Lipinski definition) is 5. The summed E-state index contributed by atoms with van der Waals surface area (Å²) < 4.78 is 38.9. The third-order valence-corrected chi connectivity index (χ3v) is 4.58. The molecule has 8 heteroatoms. The summed E-state index contributed by atoms with van der Waals surface area (Å²) in [5, 5.41) is 3.57. The first-order chi connectivity index (χ1) is 13.4. The van der Waals surface area contributed by atoms with Crippen molar-refractivity contribution in [3.63, 3.8) is 0 Å². The van der Waals surface area contributed by atoms with Crippen molar-refractivity contribution >= 4 is 38.5 Å². The highest BCUT2D eigenvalue weighted by Crippen LogP contribution is 2.30. The van der Waals surface area contributed by atoms with Crippen LogP contribution in [0.4, 0.5) is 14.5 Å². The second-order valence-electron chi connectivity index (χ2n) is 5.85. The molecule has 28 heavy (non-hydrogen) atoms. The van der Waals surface area contributed by atoms with Gasteiger partial charge in [0.15, 0.2) is 0 Å². The van der Waals surface area contributed by atoms with Gasteiger partial charge in [-0.25, -0.2) is 13.6 Å². The smallest absolute Gasteiger partial charge is 0.341 e. The largest absolute Gasteiger partial charge is 0.497 e. The molecule has 0 amide bonds. The Morgan fingerprint density at radius 3 is 2.57 bits per heavy atom. The summed E-state index contributed by atoms with van der Waals surface area (Å²) in [6.07, 6.45) is 1.37. The molecule has 0 unspecified atom stereocenters. The van der Waals surface area contributed by atoms with Gasteiger partial charge in [-0.3, -0.25) is 4.98 Å². The van der Waals surface area contributed by atoms with E-state index >= 15 is 0 Å². The van der Waals surface area contributed by atoms with Gasteiger partial charge in [-0.05, 0) is 31.2 Å². The van der Waals surface area contributed by atoms with Crippen LogP contribution in [0.1, 0.15) is 22.8 Å². The van der Waals surface area contributed by atoms with Gasteiger partial charge in [-0.2, -0.15) is 0 Å². The van der Waals surface area contributed by atoms with Crippen LogP contribution in [0.2, 0.25) is 0 Å². The molecule has 0 aliphatic rings. The number of pyridine rings is 1. The molecule has 0 saturated carbocycles. The summed E-state index contributed by atoms with van der Waals surface area (Å²) in [4.78, 5) is 16.6. The molecule has 2 aromatic carbocycles. The number of halogens is 3. The molecule has 0 spiro atoms. The Morgan fingerprint density at radius 2 is 1.93 bits per heavy atom. The number of nitrogens with zero attached hydrogens (tertiary/aromatic N) is 1. The molecule has 146 valence electrons. The molecule has 1 N–H and O–H groups in total. The SMILES string of the molecule is CCOC(=O)c1cnc2cc(OC)ccc2c1NCc1c(F)cc(Br)cc1F. The van der Waals surface area contributed by atoms with E-state index in [0.717, 1.165) is 0 Å². The summed E-state index contributed by atoms with van der Waals surface area (Å²) in [6.45, 7) is 1.72. The van der Waals surface area contributed by atoms with Crippen LogP contribution in [-0.4, -0.2) is 24.7 Å². The Labute approximate surface area is 168 Å². The average Bonchev–Trinajstić information content (AvgIpc) is 2.66. The number of fused-ring (bicyclic) bond motifs is 1. The first kappa shape index (κ1) is 20.0. The third-order valence-electron chi connectivity index (χ3n) is 4.12. The van der Waals surface area contributed by atoms with Gasteiger partial charge in [-0.15, -0.1) is 0 Å². The maximum absolute atomic E-state index is 14.2. The maximum Gasteiger partial charge on any atom is 0.341 e. The van der Waals surface area contributed by atoms with Gasteiger partial charge < -0.3 is 14.8 Å². The zero-order chi connectivity index (χ0) is 20.3. The minimum Gasteiger partial charge on any atom is -0.497 e. The van der Waals surface area contributed by atoms with Gasteiger partial charge in [0.1, 0.15) is 22.9 Å². The molecule has 0 radical (unpaired) electrons. The molecule has 0 atom stereocenters. The van der Waals surface area contributed by atoms with Crippen LogP contribution in [0.15, 0.2) is 41.0 Å². The van der Waals surface area contributed by atoms with Crippen molar-refractivity contribution < 1.29 is 23.0 Å². The number of esters is 1. The van der Waals surface area contributed by atoms with Gasteiger partial charge in [0.05, 0.1) is 24.9 Å². The van der Waals surface area contributed by atoms with Crippen molar-refractivity contribution in [1.29, 1.82) is 0 Å². The first-order valence-electron chi connectivity index (χ1n) is 8.45. The lowest BCUT2D eigenvalue weighted by Crippen LogP contribution is -2.12. The van der Waals surface area contributed by atoms with Gasteiger partial charge in [0.25, 0.3) is 0 Å². The van der Waals surface area contributed by atoms with Crippen molar-refractivity contribution in [2.24, 2.45) is 0 Å². The Hall–Kier alpha value is -2.74. The molecule has 1 aromatic heterocycles. The Bertz CT molecular complexity index is 1020. The predicted octanol–water partition coefficient (Wildman–Crippen LogP) is 5.07. The fraction of sp³-hybridized carbons (Fsp3) is 0.200. The van der Waals surface area contributed by atoms with Crippen molar-refractivity contribution in [3.8, 4) is 5.75 Å². The fourth-order valence-corrected chi connectivity index (χ4v) is 3.17. The van der Waals surface area contributed by atoms with Crippen LogP contribution >= 0.6 is 15.9 Å². The molecule has 0 saturated heterocycles. The number of carbonyl (C=O) groups excluding carboxylic acids is 1. The molecule has 3 aromatic rings. The maximum atomic E-state index is 14.2. The second-order valence-corrected chi connectivity index (χ2v) is 6.77. The van der Waals surface area contributed by atoms with Crippen LogP contribution in [-0.2, 0) is 11.3 Å². The van der Waals surface area contributed by atoms with E-state index in [1.807, 2.05) is 0 Å². The predicted molar refractivity (Wildman–Crippen MR) is 106 cm³/mol. The van der Waals surface area contributed by atoms with Gasteiger partial charge in [-0.1, -0.05) is 15.9 Å². The second kappa shape index (κ2) is 8.52. The number of carbonyl (C=O) groups is 1. The number of aromatic nitrogens is 1. The Morgan fingerprint density at radius 1 is 1.21 bits per heavy atom. The van der Waals surface area contributed by atoms with Crippen molar-refractivity contribution in [1.82, 2.24) is 4.98 Å². The lowest BCUT2D eigenvalue weighted by atomic mass is 10.1. The fourth-order valence-electron chi connectivity index (χ4n) is 2.77. The number of benzene rings is 2. The highest BCUT2D eigenvalue weighted by atomic mass is 79.9. The van der Waals surface area contributed by atoms with Crippen LogP contribution in [0.5, 0.6) is 5.75 Å². The van der Waals surface area contributed by atoms with E-state index in [2.05, 4.69) is 26.2 Å². The molecular formula is C20H17BrF2N2O3. The minimum atomic E-state index is -0.697. The average molecular weight is 451 g/mol. The highest BCUT2D eigenvalue weighted by Gasteiger charge is 2.18. The topological polar surface area (TPSA) is 60.5 Å². The van der Waals surface area contributed by atoms with Crippen molar-refractivity contribution in [2.75, 3.05) is 19.0 Å². The van der Waals surface area contributed by atoms with E-state index < -0.39 is 17.6 Å².